The summed E-state index contributed by atoms with van der Waals surface area (Å²) in [5.74, 6) is -1.50. The van der Waals surface area contributed by atoms with Crippen molar-refractivity contribution in [3.8, 4) is 0 Å². The largest absolute Gasteiger partial charge is 0.481 e. The Morgan fingerprint density at radius 2 is 2.23 bits per heavy atom. The second kappa shape index (κ2) is 2.90. The summed E-state index contributed by atoms with van der Waals surface area (Å²) in [6.45, 7) is 0. The molecule has 4 heteroatoms. The number of nitrogens with zero attached hydrogens (tertiary/aromatic N) is 1. The fourth-order valence-electron chi connectivity index (χ4n) is 1.33. The molecule has 0 saturated carbocycles. The van der Waals surface area contributed by atoms with Crippen LogP contribution in [0.5, 0.6) is 0 Å². The Bertz CT molecular complexity index is 374. The molecule has 0 bridgehead atoms. The Hall–Kier alpha value is -1.84. The van der Waals surface area contributed by atoms with Gasteiger partial charge in [-0.15, -0.1) is 0 Å². The molecule has 0 radical (unpaired) electrons. The van der Waals surface area contributed by atoms with Crippen molar-refractivity contribution in [2.45, 2.75) is 5.92 Å². The predicted octanol–water partition coefficient (Wildman–Crippen LogP) is 1.27. The summed E-state index contributed by atoms with van der Waals surface area (Å²) >= 11 is 0. The van der Waals surface area contributed by atoms with E-state index in [9.17, 15) is 4.79 Å². The number of hydrazone groups is 1. The maximum Gasteiger partial charge on any atom is 0.316 e. The minimum atomic E-state index is -0.877. The number of benzene rings is 1. The van der Waals surface area contributed by atoms with Gasteiger partial charge in [-0.25, -0.2) is 0 Å². The fourth-order valence-corrected chi connectivity index (χ4v) is 1.33. The zero-order valence-corrected chi connectivity index (χ0v) is 6.77. The topological polar surface area (TPSA) is 61.7 Å². The molecular formula is C9H8N2O2. The van der Waals surface area contributed by atoms with Crippen LogP contribution < -0.4 is 5.43 Å². The molecule has 2 rings (SSSR count). The van der Waals surface area contributed by atoms with Crippen LogP contribution in [0.2, 0.25) is 0 Å². The maximum absolute atomic E-state index is 10.8. The van der Waals surface area contributed by atoms with Gasteiger partial charge in [0.25, 0.3) is 0 Å². The van der Waals surface area contributed by atoms with Crippen molar-refractivity contribution in [2.24, 2.45) is 5.10 Å². The number of carboxylic acid groups (broad SMARTS) is 1. The SMILES string of the molecule is O=C(O)C1C=NNc2ccccc21. The molecule has 1 aliphatic heterocycles. The second-order valence-corrected chi connectivity index (χ2v) is 2.79. The van der Waals surface area contributed by atoms with Gasteiger partial charge in [-0.1, -0.05) is 18.2 Å². The monoisotopic (exact) mass is 176 g/mol. The second-order valence-electron chi connectivity index (χ2n) is 2.79. The Kier molecular flexibility index (Phi) is 1.73. The van der Waals surface area contributed by atoms with E-state index in [1.807, 2.05) is 18.2 Å². The van der Waals surface area contributed by atoms with Crippen molar-refractivity contribution < 1.29 is 9.90 Å². The summed E-state index contributed by atoms with van der Waals surface area (Å²) < 4.78 is 0. The third-order valence-corrected chi connectivity index (χ3v) is 1.97. The smallest absolute Gasteiger partial charge is 0.316 e. The Morgan fingerprint density at radius 3 is 3.00 bits per heavy atom. The standard InChI is InChI=1S/C9H8N2O2/c12-9(13)7-5-10-11-8-4-2-1-3-6(7)8/h1-5,7,11H,(H,12,13). The third kappa shape index (κ3) is 1.26. The van der Waals surface area contributed by atoms with Gasteiger partial charge >= 0.3 is 5.97 Å². The van der Waals surface area contributed by atoms with Gasteiger partial charge in [0.1, 0.15) is 5.92 Å². The number of nitrogens with one attached hydrogen (secondary N) is 1. The first-order valence-electron chi connectivity index (χ1n) is 3.90. The lowest BCUT2D eigenvalue weighted by atomic mass is 9.98. The van der Waals surface area contributed by atoms with Gasteiger partial charge < -0.3 is 5.11 Å². The van der Waals surface area contributed by atoms with Crippen LogP contribution >= 0.6 is 0 Å². The summed E-state index contributed by atoms with van der Waals surface area (Å²) in [5, 5.41) is 12.6. The van der Waals surface area contributed by atoms with Crippen LogP contribution in [-0.2, 0) is 4.79 Å². The number of carboxylic acids is 1. The first kappa shape index (κ1) is 7.79. The van der Waals surface area contributed by atoms with E-state index in [4.69, 9.17) is 5.11 Å². The molecule has 0 amide bonds. The average Bonchev–Trinajstić information content (AvgIpc) is 2.17. The highest BCUT2D eigenvalue weighted by Crippen LogP contribution is 2.26. The highest BCUT2D eigenvalue weighted by Gasteiger charge is 2.22. The van der Waals surface area contributed by atoms with E-state index in [1.54, 1.807) is 6.07 Å². The van der Waals surface area contributed by atoms with E-state index in [0.29, 0.717) is 0 Å². The number of rotatable bonds is 1. The number of hydrogen-bond acceptors (Lipinski definition) is 3. The minimum absolute atomic E-state index is 0.627. The van der Waals surface area contributed by atoms with Gasteiger partial charge in [-0.3, -0.25) is 10.2 Å². The van der Waals surface area contributed by atoms with Crippen molar-refractivity contribution in [2.75, 3.05) is 5.43 Å². The zero-order valence-electron chi connectivity index (χ0n) is 6.77. The number of anilines is 1. The maximum atomic E-state index is 10.8. The third-order valence-electron chi connectivity index (χ3n) is 1.97. The fraction of sp³-hybridized carbons (Fsp3) is 0.111. The van der Waals surface area contributed by atoms with E-state index in [1.165, 1.54) is 6.21 Å². The lowest BCUT2D eigenvalue weighted by Crippen LogP contribution is -2.18. The Morgan fingerprint density at radius 1 is 1.46 bits per heavy atom. The van der Waals surface area contributed by atoms with Crippen molar-refractivity contribution >= 4 is 17.9 Å². The van der Waals surface area contributed by atoms with Crippen LogP contribution in [-0.4, -0.2) is 17.3 Å². The van der Waals surface area contributed by atoms with Crippen LogP contribution in [0.4, 0.5) is 5.69 Å². The molecule has 1 heterocycles. The summed E-state index contributed by atoms with van der Waals surface area (Å²) in [7, 11) is 0. The minimum Gasteiger partial charge on any atom is -0.481 e. The van der Waals surface area contributed by atoms with Gasteiger partial charge in [0.2, 0.25) is 0 Å². The van der Waals surface area contributed by atoms with Gasteiger partial charge in [0.05, 0.1) is 5.69 Å². The molecule has 0 fully saturated rings. The molecule has 1 aromatic carbocycles. The first-order valence-corrected chi connectivity index (χ1v) is 3.90. The summed E-state index contributed by atoms with van der Waals surface area (Å²) in [4.78, 5) is 10.8. The molecule has 1 atom stereocenters. The summed E-state index contributed by atoms with van der Waals surface area (Å²) in [5.41, 5.74) is 4.27. The van der Waals surface area contributed by atoms with Crippen molar-refractivity contribution in [1.82, 2.24) is 0 Å². The normalized spacial score (nSPS) is 18.9. The predicted molar refractivity (Wildman–Crippen MR) is 48.9 cm³/mol. The lowest BCUT2D eigenvalue weighted by Gasteiger charge is -2.16. The summed E-state index contributed by atoms with van der Waals surface area (Å²) in [6, 6.07) is 7.25. The van der Waals surface area contributed by atoms with Gasteiger partial charge in [-0.2, -0.15) is 5.10 Å². The Labute approximate surface area is 74.9 Å². The van der Waals surface area contributed by atoms with Gasteiger partial charge in [-0.05, 0) is 11.6 Å². The highest BCUT2D eigenvalue weighted by atomic mass is 16.4. The zero-order chi connectivity index (χ0) is 9.26. The van der Waals surface area contributed by atoms with E-state index >= 15 is 0 Å². The van der Waals surface area contributed by atoms with Crippen molar-refractivity contribution in [1.29, 1.82) is 0 Å². The molecule has 0 spiro atoms. The van der Waals surface area contributed by atoms with Crippen LogP contribution in [0, 0.1) is 0 Å². The highest BCUT2D eigenvalue weighted by molar-refractivity contribution is 5.98. The van der Waals surface area contributed by atoms with E-state index in [2.05, 4.69) is 10.5 Å². The molecule has 2 N–H and O–H groups in total. The van der Waals surface area contributed by atoms with Crippen LogP contribution in [0.15, 0.2) is 29.4 Å². The van der Waals surface area contributed by atoms with E-state index in [0.717, 1.165) is 11.3 Å². The number of para-hydroxylation sites is 1. The molecule has 0 saturated heterocycles. The molecule has 4 nitrogen and oxygen atoms in total. The number of hydrogen-bond donors (Lipinski definition) is 2. The van der Waals surface area contributed by atoms with Crippen molar-refractivity contribution in [3.05, 3.63) is 29.8 Å². The quantitative estimate of drug-likeness (QED) is 0.677. The Balaban J connectivity index is 2.48. The van der Waals surface area contributed by atoms with Crippen LogP contribution in [0.25, 0.3) is 0 Å². The molecule has 13 heavy (non-hydrogen) atoms. The van der Waals surface area contributed by atoms with Gasteiger partial charge in [0, 0.05) is 6.21 Å². The molecular weight excluding hydrogens is 168 g/mol. The van der Waals surface area contributed by atoms with E-state index < -0.39 is 11.9 Å². The number of carbonyl (C=O) groups is 1. The van der Waals surface area contributed by atoms with Crippen LogP contribution in [0.1, 0.15) is 11.5 Å². The molecule has 1 aliphatic rings. The van der Waals surface area contributed by atoms with Crippen molar-refractivity contribution in [3.63, 3.8) is 0 Å². The first-order chi connectivity index (χ1) is 6.29. The molecule has 0 aromatic heterocycles. The van der Waals surface area contributed by atoms with Gasteiger partial charge in [0.15, 0.2) is 0 Å². The average molecular weight is 176 g/mol. The number of aliphatic carboxylic acids is 1. The molecule has 1 aromatic rings. The number of fused-ring (bicyclic) bond motifs is 1. The van der Waals surface area contributed by atoms with Crippen LogP contribution in [0.3, 0.4) is 0 Å². The molecule has 1 unspecified atom stereocenters. The molecule has 0 aliphatic carbocycles. The van der Waals surface area contributed by atoms with E-state index in [-0.39, 0.29) is 0 Å². The lowest BCUT2D eigenvalue weighted by molar-refractivity contribution is -0.136. The summed E-state index contributed by atoms with van der Waals surface area (Å²) in [6.07, 6.45) is 1.39. The molecule has 66 valence electrons.